The molecule has 6 heteroatoms. The molecule has 0 bridgehead atoms. The number of aromatic nitrogens is 2. The molecule has 1 heterocycles. The zero-order valence-corrected chi connectivity index (χ0v) is 13.9. The summed E-state index contributed by atoms with van der Waals surface area (Å²) in [4.78, 5) is 15.8. The van der Waals surface area contributed by atoms with Gasteiger partial charge in [-0.05, 0) is 38.5 Å². The van der Waals surface area contributed by atoms with Crippen LogP contribution in [0.15, 0.2) is 36.4 Å². The van der Waals surface area contributed by atoms with Gasteiger partial charge in [0.05, 0.1) is 34.2 Å². The van der Waals surface area contributed by atoms with E-state index in [1.165, 1.54) is 0 Å². The lowest BCUT2D eigenvalue weighted by Gasteiger charge is -2.12. The van der Waals surface area contributed by atoms with Crippen LogP contribution in [0.25, 0.3) is 22.4 Å². The number of hydrogen-bond donors (Lipinski definition) is 1. The highest BCUT2D eigenvalue weighted by Gasteiger charge is 2.24. The van der Waals surface area contributed by atoms with Gasteiger partial charge in [0.25, 0.3) is 5.69 Å². The average molecular weight is 325 g/mol. The van der Waals surface area contributed by atoms with Gasteiger partial charge >= 0.3 is 0 Å². The zero-order chi connectivity index (χ0) is 17.4. The molecule has 24 heavy (non-hydrogen) atoms. The second kappa shape index (κ2) is 6.05. The Balaban J connectivity index is 2.37. The first-order valence-corrected chi connectivity index (χ1v) is 7.78. The van der Waals surface area contributed by atoms with Crippen LogP contribution in [0.5, 0.6) is 0 Å². The Morgan fingerprint density at radius 1 is 1.21 bits per heavy atom. The van der Waals surface area contributed by atoms with E-state index < -0.39 is 6.10 Å². The van der Waals surface area contributed by atoms with Crippen molar-refractivity contribution in [3.05, 3.63) is 57.6 Å². The molecule has 2 aromatic carbocycles. The quantitative estimate of drug-likeness (QED) is 0.587. The van der Waals surface area contributed by atoms with Crippen LogP contribution in [-0.4, -0.2) is 25.7 Å². The lowest BCUT2D eigenvalue weighted by molar-refractivity contribution is -0.384. The number of para-hydroxylation sites is 2. The third kappa shape index (κ3) is 2.65. The molecule has 0 aliphatic carbocycles. The Bertz CT molecular complexity index is 929. The van der Waals surface area contributed by atoms with Crippen molar-refractivity contribution < 1.29 is 10.0 Å². The molecule has 0 amide bonds. The minimum Gasteiger partial charge on any atom is -0.392 e. The monoisotopic (exact) mass is 325 g/mol. The molecule has 0 saturated heterocycles. The number of rotatable bonds is 4. The average Bonchev–Trinajstić information content (AvgIpc) is 2.86. The maximum Gasteiger partial charge on any atom is 0.283 e. The maximum atomic E-state index is 11.6. The van der Waals surface area contributed by atoms with Gasteiger partial charge < -0.3 is 9.67 Å². The van der Waals surface area contributed by atoms with E-state index in [2.05, 4.69) is 4.98 Å². The standard InChI is InChI=1S/C18H19N3O3/c1-11-6-5-9-15-16(11)19-18(20(15)10-13(3)22)14-8-4-7-12(2)17(14)21(23)24/h4-9,13,22H,10H2,1-3H3. The maximum absolute atomic E-state index is 11.6. The fraction of sp³-hybridized carbons (Fsp3) is 0.278. The summed E-state index contributed by atoms with van der Waals surface area (Å²) in [6, 6.07) is 11.0. The van der Waals surface area contributed by atoms with Gasteiger partial charge in [0.1, 0.15) is 5.82 Å². The van der Waals surface area contributed by atoms with Crippen molar-refractivity contribution in [2.75, 3.05) is 0 Å². The van der Waals surface area contributed by atoms with Crippen LogP contribution in [-0.2, 0) is 6.54 Å². The van der Waals surface area contributed by atoms with Crippen LogP contribution in [0.2, 0.25) is 0 Å². The molecule has 0 spiro atoms. The van der Waals surface area contributed by atoms with Crippen molar-refractivity contribution >= 4 is 16.7 Å². The number of nitro groups is 1. The van der Waals surface area contributed by atoms with Crippen LogP contribution in [0.4, 0.5) is 5.69 Å². The van der Waals surface area contributed by atoms with Crippen molar-refractivity contribution in [1.82, 2.24) is 9.55 Å². The number of fused-ring (bicyclic) bond motifs is 1. The number of aliphatic hydroxyl groups excluding tert-OH is 1. The number of aliphatic hydroxyl groups is 1. The van der Waals surface area contributed by atoms with E-state index >= 15 is 0 Å². The largest absolute Gasteiger partial charge is 0.392 e. The van der Waals surface area contributed by atoms with Crippen LogP contribution in [0.1, 0.15) is 18.1 Å². The predicted molar refractivity (Wildman–Crippen MR) is 93.0 cm³/mol. The molecule has 1 N–H and O–H groups in total. The topological polar surface area (TPSA) is 81.2 Å². The molecule has 124 valence electrons. The second-order valence-corrected chi connectivity index (χ2v) is 6.07. The Hall–Kier alpha value is -2.73. The van der Waals surface area contributed by atoms with Gasteiger partial charge in [-0.25, -0.2) is 4.98 Å². The van der Waals surface area contributed by atoms with Gasteiger partial charge in [-0.3, -0.25) is 10.1 Å². The first-order chi connectivity index (χ1) is 11.4. The number of nitrogens with zero attached hydrogens (tertiary/aromatic N) is 3. The van der Waals surface area contributed by atoms with E-state index in [0.29, 0.717) is 23.5 Å². The highest BCUT2D eigenvalue weighted by Crippen LogP contribution is 2.34. The van der Waals surface area contributed by atoms with Crippen LogP contribution < -0.4 is 0 Å². The molecule has 1 aromatic heterocycles. The predicted octanol–water partition coefficient (Wildman–Crippen LogP) is 3.61. The van der Waals surface area contributed by atoms with Gasteiger partial charge in [-0.1, -0.05) is 24.3 Å². The summed E-state index contributed by atoms with van der Waals surface area (Å²) in [5.74, 6) is 0.510. The summed E-state index contributed by atoms with van der Waals surface area (Å²) in [6.07, 6.45) is -0.592. The number of aryl methyl sites for hydroxylation is 2. The number of nitro benzene ring substituents is 1. The first-order valence-electron chi connectivity index (χ1n) is 7.78. The Labute approximate surface area is 139 Å². The molecular formula is C18H19N3O3. The van der Waals surface area contributed by atoms with E-state index in [0.717, 1.165) is 16.6 Å². The molecule has 0 aliphatic heterocycles. The zero-order valence-electron chi connectivity index (χ0n) is 13.9. The van der Waals surface area contributed by atoms with E-state index in [4.69, 9.17) is 0 Å². The van der Waals surface area contributed by atoms with E-state index in [-0.39, 0.29) is 10.6 Å². The molecule has 0 aliphatic rings. The molecule has 6 nitrogen and oxygen atoms in total. The second-order valence-electron chi connectivity index (χ2n) is 6.07. The summed E-state index contributed by atoms with van der Waals surface area (Å²) in [6.45, 7) is 5.68. The molecule has 0 fully saturated rings. The van der Waals surface area contributed by atoms with E-state index in [9.17, 15) is 15.2 Å². The Morgan fingerprint density at radius 3 is 2.54 bits per heavy atom. The highest BCUT2D eigenvalue weighted by atomic mass is 16.6. The summed E-state index contributed by atoms with van der Waals surface area (Å²) in [5.41, 5.74) is 3.76. The summed E-state index contributed by atoms with van der Waals surface area (Å²) in [5, 5.41) is 21.4. The Morgan fingerprint density at radius 2 is 1.88 bits per heavy atom. The van der Waals surface area contributed by atoms with Gasteiger partial charge in [-0.2, -0.15) is 0 Å². The third-order valence-corrected chi connectivity index (χ3v) is 4.09. The lowest BCUT2D eigenvalue weighted by atomic mass is 10.1. The fourth-order valence-electron chi connectivity index (χ4n) is 3.02. The molecular weight excluding hydrogens is 306 g/mol. The van der Waals surface area contributed by atoms with Crippen molar-refractivity contribution in [2.24, 2.45) is 0 Å². The fourth-order valence-corrected chi connectivity index (χ4v) is 3.02. The van der Waals surface area contributed by atoms with Crippen molar-refractivity contribution in [3.63, 3.8) is 0 Å². The summed E-state index contributed by atoms with van der Waals surface area (Å²) >= 11 is 0. The highest BCUT2D eigenvalue weighted by molar-refractivity contribution is 5.85. The minimum absolute atomic E-state index is 0.0531. The lowest BCUT2D eigenvalue weighted by Crippen LogP contribution is -2.13. The summed E-state index contributed by atoms with van der Waals surface area (Å²) in [7, 11) is 0. The van der Waals surface area contributed by atoms with E-state index in [1.54, 1.807) is 32.0 Å². The van der Waals surface area contributed by atoms with Crippen molar-refractivity contribution in [3.8, 4) is 11.4 Å². The van der Waals surface area contributed by atoms with Crippen LogP contribution >= 0.6 is 0 Å². The van der Waals surface area contributed by atoms with Crippen LogP contribution in [0, 0.1) is 24.0 Å². The SMILES string of the molecule is Cc1cccc(-c2nc3c(C)cccc3n2CC(C)O)c1[N+](=O)[O-]. The molecule has 3 aromatic rings. The number of benzene rings is 2. The van der Waals surface area contributed by atoms with E-state index in [1.807, 2.05) is 29.7 Å². The van der Waals surface area contributed by atoms with Gasteiger partial charge in [0.15, 0.2) is 0 Å². The van der Waals surface area contributed by atoms with Gasteiger partial charge in [-0.15, -0.1) is 0 Å². The first kappa shape index (κ1) is 16.1. The molecule has 0 saturated carbocycles. The third-order valence-electron chi connectivity index (χ3n) is 4.09. The number of imidazole rings is 1. The van der Waals surface area contributed by atoms with Gasteiger partial charge in [0, 0.05) is 5.56 Å². The molecule has 1 atom stereocenters. The minimum atomic E-state index is -0.592. The normalized spacial score (nSPS) is 12.5. The Kier molecular flexibility index (Phi) is 4.07. The van der Waals surface area contributed by atoms with Crippen molar-refractivity contribution in [2.45, 2.75) is 33.4 Å². The molecule has 1 unspecified atom stereocenters. The molecule has 0 radical (unpaired) electrons. The van der Waals surface area contributed by atoms with Crippen LogP contribution in [0.3, 0.4) is 0 Å². The molecule has 3 rings (SSSR count). The van der Waals surface area contributed by atoms with Crippen molar-refractivity contribution in [1.29, 1.82) is 0 Å². The summed E-state index contributed by atoms with van der Waals surface area (Å²) < 4.78 is 1.86. The van der Waals surface area contributed by atoms with Gasteiger partial charge in [0.2, 0.25) is 0 Å². The smallest absolute Gasteiger partial charge is 0.283 e. The number of hydrogen-bond acceptors (Lipinski definition) is 4.